The summed E-state index contributed by atoms with van der Waals surface area (Å²) < 4.78 is 2.07. The molecule has 4 nitrogen and oxygen atoms in total. The topological polar surface area (TPSA) is 55.3 Å². The first-order chi connectivity index (χ1) is 10.3. The van der Waals surface area contributed by atoms with Gasteiger partial charge in [-0.1, -0.05) is 18.2 Å². The third kappa shape index (κ3) is 2.38. The van der Waals surface area contributed by atoms with Crippen molar-refractivity contribution in [1.29, 1.82) is 0 Å². The average molecular weight is 316 g/mol. The molecule has 2 atom stereocenters. The van der Waals surface area contributed by atoms with Gasteiger partial charge < -0.3 is 0 Å². The Bertz CT molecular complexity index is 735. The van der Waals surface area contributed by atoms with Crippen molar-refractivity contribution in [2.75, 3.05) is 5.75 Å². The molecule has 3 N–H and O–H groups in total. The van der Waals surface area contributed by atoms with E-state index in [0.29, 0.717) is 5.92 Å². The number of thiazole rings is 1. The maximum atomic E-state index is 5.84. The minimum Gasteiger partial charge on any atom is -0.297 e. The number of imidazole rings is 1. The molecule has 2 aromatic heterocycles. The van der Waals surface area contributed by atoms with Crippen molar-refractivity contribution in [1.82, 2.24) is 14.8 Å². The third-order valence-electron chi connectivity index (χ3n) is 4.01. The second-order valence-corrected chi connectivity index (χ2v) is 7.19. The average Bonchev–Trinajstić information content (AvgIpc) is 3.18. The van der Waals surface area contributed by atoms with Gasteiger partial charge in [-0.25, -0.2) is 4.98 Å². The van der Waals surface area contributed by atoms with Crippen molar-refractivity contribution >= 4 is 28.1 Å². The molecule has 21 heavy (non-hydrogen) atoms. The zero-order valence-electron chi connectivity index (χ0n) is 11.4. The van der Waals surface area contributed by atoms with Crippen molar-refractivity contribution in [2.24, 2.45) is 5.84 Å². The number of hydrazine groups is 1. The number of aromatic nitrogens is 2. The minimum atomic E-state index is 0.214. The lowest BCUT2D eigenvalue weighted by Gasteiger charge is -2.22. The number of fused-ring (bicyclic) bond motifs is 2. The van der Waals surface area contributed by atoms with Gasteiger partial charge in [-0.05, 0) is 11.6 Å². The summed E-state index contributed by atoms with van der Waals surface area (Å²) in [5, 5.41) is 2.05. The van der Waals surface area contributed by atoms with Crippen molar-refractivity contribution in [2.45, 2.75) is 23.3 Å². The zero-order valence-corrected chi connectivity index (χ0v) is 13.0. The van der Waals surface area contributed by atoms with Crippen LogP contribution in [0.4, 0.5) is 0 Å². The number of thioether (sulfide) groups is 1. The maximum Gasteiger partial charge on any atom is 0.193 e. The quantitative estimate of drug-likeness (QED) is 0.574. The molecule has 1 aliphatic heterocycles. The number of benzene rings is 1. The molecule has 0 radical (unpaired) electrons. The molecule has 0 aliphatic carbocycles. The van der Waals surface area contributed by atoms with Crippen molar-refractivity contribution in [3.05, 3.63) is 53.3 Å². The van der Waals surface area contributed by atoms with Crippen LogP contribution in [0.15, 0.2) is 46.9 Å². The third-order valence-corrected chi connectivity index (χ3v) is 5.99. The summed E-state index contributed by atoms with van der Waals surface area (Å²) in [5.74, 6) is 7.36. The Labute approximate surface area is 131 Å². The van der Waals surface area contributed by atoms with Crippen LogP contribution in [0.25, 0.3) is 4.96 Å². The van der Waals surface area contributed by atoms with Gasteiger partial charge in [-0.3, -0.25) is 15.7 Å². The molecule has 4 rings (SSSR count). The van der Waals surface area contributed by atoms with E-state index in [9.17, 15) is 0 Å². The molecule has 0 saturated heterocycles. The van der Waals surface area contributed by atoms with Gasteiger partial charge in [0.05, 0.1) is 5.69 Å². The van der Waals surface area contributed by atoms with E-state index in [4.69, 9.17) is 5.84 Å². The fourth-order valence-electron chi connectivity index (χ4n) is 2.94. The molecular formula is C15H16N4S2. The summed E-state index contributed by atoms with van der Waals surface area (Å²) in [4.78, 5) is 7.09. The standard InChI is InChI=1S/C15H16N4S2/c16-18-13(7-10-8-19-5-6-20-15(19)17-10)12-9-21-14-4-2-1-3-11(12)14/h1-6,8,12-13,18H,7,9,16H2. The smallest absolute Gasteiger partial charge is 0.193 e. The molecule has 108 valence electrons. The van der Waals surface area contributed by atoms with E-state index < -0.39 is 0 Å². The molecule has 6 heteroatoms. The Kier molecular flexibility index (Phi) is 3.46. The number of rotatable bonds is 4. The van der Waals surface area contributed by atoms with Gasteiger partial charge in [-0.2, -0.15) is 0 Å². The van der Waals surface area contributed by atoms with E-state index in [2.05, 4.69) is 50.7 Å². The van der Waals surface area contributed by atoms with Crippen molar-refractivity contribution in [3.8, 4) is 0 Å². The van der Waals surface area contributed by atoms with Gasteiger partial charge in [0.1, 0.15) is 0 Å². The molecule has 1 aliphatic rings. The number of nitrogens with one attached hydrogen (secondary N) is 1. The molecule has 1 aromatic carbocycles. The summed E-state index contributed by atoms with van der Waals surface area (Å²) in [6, 6.07) is 8.84. The van der Waals surface area contributed by atoms with Crippen LogP contribution in [0.2, 0.25) is 0 Å². The van der Waals surface area contributed by atoms with Gasteiger partial charge in [-0.15, -0.1) is 23.1 Å². The van der Waals surface area contributed by atoms with Gasteiger partial charge in [0, 0.05) is 46.8 Å². The number of hydrogen-bond acceptors (Lipinski definition) is 5. The normalized spacial score (nSPS) is 19.0. The Morgan fingerprint density at radius 1 is 1.43 bits per heavy atom. The Morgan fingerprint density at radius 2 is 2.33 bits per heavy atom. The highest BCUT2D eigenvalue weighted by molar-refractivity contribution is 7.99. The highest BCUT2D eigenvalue weighted by atomic mass is 32.2. The first-order valence-electron chi connectivity index (χ1n) is 6.94. The minimum absolute atomic E-state index is 0.214. The second-order valence-electron chi connectivity index (χ2n) is 5.26. The molecule has 0 bridgehead atoms. The van der Waals surface area contributed by atoms with Gasteiger partial charge in [0.2, 0.25) is 0 Å². The van der Waals surface area contributed by atoms with E-state index in [0.717, 1.165) is 22.8 Å². The zero-order chi connectivity index (χ0) is 14.2. The molecule has 0 saturated carbocycles. The SMILES string of the molecule is NNC(Cc1cn2ccsc2n1)C1CSc2ccccc21. The molecule has 0 spiro atoms. The fraction of sp³-hybridized carbons (Fsp3) is 0.267. The van der Waals surface area contributed by atoms with Crippen molar-refractivity contribution in [3.63, 3.8) is 0 Å². The summed E-state index contributed by atoms with van der Waals surface area (Å²) in [6.07, 6.45) is 5.00. The Hall–Kier alpha value is -1.34. The number of hydrogen-bond donors (Lipinski definition) is 2. The fourth-order valence-corrected chi connectivity index (χ4v) is 4.99. The molecule has 0 fully saturated rings. The molecule has 0 amide bonds. The van der Waals surface area contributed by atoms with Crippen LogP contribution >= 0.6 is 23.1 Å². The number of nitrogens with two attached hydrogens (primary N) is 1. The van der Waals surface area contributed by atoms with Crippen LogP contribution in [0.5, 0.6) is 0 Å². The predicted molar refractivity (Wildman–Crippen MR) is 87.8 cm³/mol. The Morgan fingerprint density at radius 3 is 3.19 bits per heavy atom. The molecule has 3 heterocycles. The van der Waals surface area contributed by atoms with Crippen LogP contribution in [0.3, 0.4) is 0 Å². The molecular weight excluding hydrogens is 300 g/mol. The van der Waals surface area contributed by atoms with E-state index >= 15 is 0 Å². The predicted octanol–water partition coefficient (Wildman–Crippen LogP) is 2.66. The summed E-state index contributed by atoms with van der Waals surface area (Å²) in [5.41, 5.74) is 5.52. The van der Waals surface area contributed by atoms with Crippen LogP contribution in [0.1, 0.15) is 17.2 Å². The summed E-state index contributed by atoms with van der Waals surface area (Å²) in [6.45, 7) is 0. The van der Waals surface area contributed by atoms with Crippen LogP contribution in [-0.2, 0) is 6.42 Å². The molecule has 2 unspecified atom stereocenters. The van der Waals surface area contributed by atoms with Crippen LogP contribution < -0.4 is 11.3 Å². The van der Waals surface area contributed by atoms with E-state index in [1.165, 1.54) is 10.5 Å². The summed E-state index contributed by atoms with van der Waals surface area (Å²) in [7, 11) is 0. The lowest BCUT2D eigenvalue weighted by atomic mass is 9.91. The molecule has 3 aromatic rings. The van der Waals surface area contributed by atoms with Gasteiger partial charge >= 0.3 is 0 Å². The Balaban J connectivity index is 1.59. The maximum absolute atomic E-state index is 5.84. The monoisotopic (exact) mass is 316 g/mol. The second kappa shape index (κ2) is 5.46. The highest BCUT2D eigenvalue weighted by Crippen LogP contribution is 2.41. The first-order valence-corrected chi connectivity index (χ1v) is 8.80. The van der Waals surface area contributed by atoms with Gasteiger partial charge in [0.15, 0.2) is 4.96 Å². The van der Waals surface area contributed by atoms with Crippen LogP contribution in [0, 0.1) is 0 Å². The number of nitrogens with zero attached hydrogens (tertiary/aromatic N) is 2. The summed E-state index contributed by atoms with van der Waals surface area (Å²) >= 11 is 3.58. The first kappa shape index (κ1) is 13.3. The lowest BCUT2D eigenvalue weighted by molar-refractivity contribution is 0.460. The van der Waals surface area contributed by atoms with E-state index in [1.807, 2.05) is 18.0 Å². The van der Waals surface area contributed by atoms with E-state index in [-0.39, 0.29) is 6.04 Å². The van der Waals surface area contributed by atoms with Crippen LogP contribution in [-0.4, -0.2) is 21.2 Å². The highest BCUT2D eigenvalue weighted by Gasteiger charge is 2.30. The largest absolute Gasteiger partial charge is 0.297 e. The van der Waals surface area contributed by atoms with Crippen molar-refractivity contribution < 1.29 is 0 Å². The van der Waals surface area contributed by atoms with Gasteiger partial charge in [0.25, 0.3) is 0 Å². The lowest BCUT2D eigenvalue weighted by Crippen LogP contribution is -2.41. The van der Waals surface area contributed by atoms with E-state index in [1.54, 1.807) is 11.3 Å².